The van der Waals surface area contributed by atoms with E-state index in [0.717, 1.165) is 4.47 Å². The van der Waals surface area contributed by atoms with Gasteiger partial charge in [-0.3, -0.25) is 0 Å². The molecule has 1 rings (SSSR count). The normalized spacial score (nSPS) is 12.7. The Hall–Kier alpha value is -1.34. The maximum absolute atomic E-state index is 12.2. The lowest BCUT2D eigenvalue weighted by molar-refractivity contribution is -0.141. The van der Waals surface area contributed by atoms with Gasteiger partial charge in [0.25, 0.3) is 8.32 Å². The van der Waals surface area contributed by atoms with Crippen LogP contribution in [0.2, 0.25) is 18.1 Å². The molecule has 5 nitrogen and oxygen atoms in total. The number of anilines is 1. The number of hydrogen-bond donors (Lipinski definition) is 1. The molecule has 1 N–H and O–H groups in total. The molecule has 0 aliphatic rings. The zero-order valence-electron chi connectivity index (χ0n) is 14.6. The number of halogens is 1. The van der Waals surface area contributed by atoms with Crippen LogP contribution in [0.4, 0.5) is 5.82 Å². The quantitative estimate of drug-likeness (QED) is 0.325. The number of hydrogen-bond acceptors (Lipinski definition) is 5. The zero-order valence-corrected chi connectivity index (χ0v) is 17.2. The molecule has 0 amide bonds. The predicted octanol–water partition coefficient (Wildman–Crippen LogP) is 4.68. The van der Waals surface area contributed by atoms with Crippen LogP contribution in [0.15, 0.2) is 34.8 Å². The molecule has 0 aliphatic carbocycles. The Bertz CT molecular complexity index is 566. The number of pyridine rings is 1. The minimum Gasteiger partial charge on any atom is -0.538 e. The van der Waals surface area contributed by atoms with Crippen molar-refractivity contribution in [2.24, 2.45) is 0 Å². The first-order valence-electron chi connectivity index (χ1n) is 7.51. The third-order valence-electron chi connectivity index (χ3n) is 3.73. The second kappa shape index (κ2) is 7.96. The molecule has 0 unspecified atom stereocenters. The monoisotopic (exact) mass is 400 g/mol. The molecule has 0 spiro atoms. The second-order valence-corrected chi connectivity index (χ2v) is 12.2. The van der Waals surface area contributed by atoms with Crippen LogP contribution in [0, 0.1) is 0 Å². The Balaban J connectivity index is 2.98. The molecule has 128 valence electrons. The van der Waals surface area contributed by atoms with E-state index in [0.29, 0.717) is 12.4 Å². The number of nitrogens with one attached hydrogen (secondary N) is 1. The van der Waals surface area contributed by atoms with Gasteiger partial charge in [-0.25, -0.2) is 9.78 Å². The first-order chi connectivity index (χ1) is 10.6. The predicted molar refractivity (Wildman–Crippen MR) is 98.6 cm³/mol. The third-order valence-corrected chi connectivity index (χ3v) is 8.54. The molecule has 0 atom stereocenters. The van der Waals surface area contributed by atoms with Gasteiger partial charge in [-0.2, -0.15) is 0 Å². The standard InChI is InChI=1S/C16H25BrN2O3Si/c1-7-21-15(20)13(22-23(5,6)16(2,3)4)11-19-14-9-8-12(17)10-18-14/h8-11H,7H2,1-6H3,(H,18,19)/b13-11-. The second-order valence-electron chi connectivity index (χ2n) is 6.60. The van der Waals surface area contributed by atoms with E-state index in [4.69, 9.17) is 9.16 Å². The van der Waals surface area contributed by atoms with Gasteiger partial charge in [-0.15, -0.1) is 0 Å². The number of esters is 1. The van der Waals surface area contributed by atoms with E-state index >= 15 is 0 Å². The van der Waals surface area contributed by atoms with Crippen LogP contribution in [0.1, 0.15) is 27.7 Å². The Labute approximate surface area is 147 Å². The first kappa shape index (κ1) is 19.7. The van der Waals surface area contributed by atoms with Crippen molar-refractivity contribution in [2.45, 2.75) is 45.8 Å². The molecule has 1 aromatic heterocycles. The lowest BCUT2D eigenvalue weighted by Gasteiger charge is -2.36. The molecule has 0 fully saturated rings. The van der Waals surface area contributed by atoms with Gasteiger partial charge in [0.15, 0.2) is 0 Å². The van der Waals surface area contributed by atoms with E-state index < -0.39 is 14.3 Å². The Kier molecular flexibility index (Phi) is 6.82. The number of nitrogens with zero attached hydrogens (tertiary/aromatic N) is 1. The largest absolute Gasteiger partial charge is 0.538 e. The summed E-state index contributed by atoms with van der Waals surface area (Å²) in [6.45, 7) is 12.6. The van der Waals surface area contributed by atoms with Gasteiger partial charge in [0.1, 0.15) is 5.82 Å². The summed E-state index contributed by atoms with van der Waals surface area (Å²) in [6.07, 6.45) is 3.20. The number of carbonyl (C=O) groups excluding carboxylic acids is 1. The summed E-state index contributed by atoms with van der Waals surface area (Å²) in [5, 5.41) is 2.97. The van der Waals surface area contributed by atoms with Gasteiger partial charge in [0.2, 0.25) is 5.76 Å². The number of carbonyl (C=O) groups is 1. The van der Waals surface area contributed by atoms with Crippen LogP contribution in [0.5, 0.6) is 0 Å². The van der Waals surface area contributed by atoms with Gasteiger partial charge in [-0.1, -0.05) is 20.8 Å². The van der Waals surface area contributed by atoms with Crippen molar-refractivity contribution in [1.82, 2.24) is 4.98 Å². The van der Waals surface area contributed by atoms with Crippen LogP contribution < -0.4 is 5.32 Å². The van der Waals surface area contributed by atoms with E-state index in [1.807, 2.05) is 6.07 Å². The van der Waals surface area contributed by atoms with Crippen molar-refractivity contribution in [3.8, 4) is 0 Å². The van der Waals surface area contributed by atoms with E-state index in [-0.39, 0.29) is 10.8 Å². The molecule has 0 aliphatic heterocycles. The molecular formula is C16H25BrN2O3Si. The molecule has 1 aromatic rings. The van der Waals surface area contributed by atoms with Gasteiger partial charge < -0.3 is 14.5 Å². The SMILES string of the molecule is CCOC(=O)/C(=C/Nc1ccc(Br)cn1)O[Si](C)(C)C(C)(C)C. The molecule has 7 heteroatoms. The van der Waals surface area contributed by atoms with Crippen LogP contribution in [-0.4, -0.2) is 25.9 Å². The molecular weight excluding hydrogens is 376 g/mol. The summed E-state index contributed by atoms with van der Waals surface area (Å²) in [5.41, 5.74) is 0. The maximum atomic E-state index is 12.2. The molecule has 0 bridgehead atoms. The topological polar surface area (TPSA) is 60.5 Å². The van der Waals surface area contributed by atoms with Gasteiger partial charge in [0.05, 0.1) is 12.8 Å². The van der Waals surface area contributed by atoms with Crippen LogP contribution in [0.3, 0.4) is 0 Å². The summed E-state index contributed by atoms with van der Waals surface area (Å²) in [5.74, 6) is 0.332. The highest BCUT2D eigenvalue weighted by Crippen LogP contribution is 2.38. The van der Waals surface area contributed by atoms with Crippen molar-refractivity contribution < 1.29 is 14.0 Å². The first-order valence-corrected chi connectivity index (χ1v) is 11.2. The van der Waals surface area contributed by atoms with Crippen molar-refractivity contribution in [3.63, 3.8) is 0 Å². The average molecular weight is 401 g/mol. The summed E-state index contributed by atoms with van der Waals surface area (Å²) in [6, 6.07) is 3.66. The minimum absolute atomic E-state index is 0.0194. The fraction of sp³-hybridized carbons (Fsp3) is 0.500. The highest BCUT2D eigenvalue weighted by molar-refractivity contribution is 9.10. The lowest BCUT2D eigenvalue weighted by atomic mass is 10.2. The van der Waals surface area contributed by atoms with Crippen molar-refractivity contribution in [2.75, 3.05) is 11.9 Å². The van der Waals surface area contributed by atoms with E-state index in [1.165, 1.54) is 6.20 Å². The van der Waals surface area contributed by atoms with Gasteiger partial charge >= 0.3 is 5.97 Å². The van der Waals surface area contributed by atoms with Crippen molar-refractivity contribution in [3.05, 3.63) is 34.8 Å². The molecule has 23 heavy (non-hydrogen) atoms. The molecule has 0 radical (unpaired) electrons. The van der Waals surface area contributed by atoms with Crippen molar-refractivity contribution >= 4 is 36.0 Å². The van der Waals surface area contributed by atoms with Gasteiger partial charge in [-0.05, 0) is 53.1 Å². The smallest absolute Gasteiger partial charge is 0.373 e. The highest BCUT2D eigenvalue weighted by atomic mass is 79.9. The lowest BCUT2D eigenvalue weighted by Crippen LogP contribution is -2.41. The number of ether oxygens (including phenoxy) is 1. The molecule has 0 saturated heterocycles. The Morgan fingerprint density at radius 2 is 2.04 bits per heavy atom. The number of rotatable bonds is 6. The fourth-order valence-electron chi connectivity index (χ4n) is 1.36. The van der Waals surface area contributed by atoms with Crippen LogP contribution in [-0.2, 0) is 14.0 Å². The minimum atomic E-state index is -2.14. The van der Waals surface area contributed by atoms with Crippen LogP contribution >= 0.6 is 15.9 Å². The summed E-state index contributed by atoms with van der Waals surface area (Å²) < 4.78 is 12.1. The third kappa shape index (κ3) is 5.99. The van der Waals surface area contributed by atoms with Gasteiger partial charge in [0, 0.05) is 10.7 Å². The highest BCUT2D eigenvalue weighted by Gasteiger charge is 2.40. The Morgan fingerprint density at radius 3 is 2.52 bits per heavy atom. The molecule has 1 heterocycles. The van der Waals surface area contributed by atoms with E-state index in [2.05, 4.69) is 60.1 Å². The Morgan fingerprint density at radius 1 is 1.39 bits per heavy atom. The molecule has 0 saturated carbocycles. The van der Waals surface area contributed by atoms with E-state index in [9.17, 15) is 4.79 Å². The maximum Gasteiger partial charge on any atom is 0.373 e. The van der Waals surface area contributed by atoms with Crippen molar-refractivity contribution in [1.29, 1.82) is 0 Å². The average Bonchev–Trinajstić information content (AvgIpc) is 2.44. The molecule has 0 aromatic carbocycles. The van der Waals surface area contributed by atoms with E-state index in [1.54, 1.807) is 19.2 Å². The zero-order chi connectivity index (χ0) is 17.7. The fourth-order valence-corrected chi connectivity index (χ4v) is 2.59. The number of aromatic nitrogens is 1. The summed E-state index contributed by atoms with van der Waals surface area (Å²) >= 11 is 3.33. The summed E-state index contributed by atoms with van der Waals surface area (Å²) in [4.78, 5) is 16.4. The summed E-state index contributed by atoms with van der Waals surface area (Å²) in [7, 11) is -2.14. The van der Waals surface area contributed by atoms with Crippen LogP contribution in [0.25, 0.3) is 0 Å².